The van der Waals surface area contributed by atoms with Crippen LogP contribution in [0.15, 0.2) is 36.5 Å². The molecule has 1 aromatic carbocycles. The van der Waals surface area contributed by atoms with Crippen LogP contribution in [-0.4, -0.2) is 48.1 Å². The Morgan fingerprint density at radius 1 is 1.00 bits per heavy atom. The molecule has 3 aromatic heterocycles. The number of ether oxygens (including phenoxy) is 3. The van der Waals surface area contributed by atoms with Crippen molar-refractivity contribution in [3.8, 4) is 22.1 Å². The van der Waals surface area contributed by atoms with E-state index in [-0.39, 0.29) is 0 Å². The van der Waals surface area contributed by atoms with Crippen molar-refractivity contribution >= 4 is 32.9 Å². The molecular formula is C23H26N4O3S. The second kappa shape index (κ2) is 8.36. The van der Waals surface area contributed by atoms with Crippen LogP contribution in [0.1, 0.15) is 25.7 Å². The second-order valence-electron chi connectivity index (χ2n) is 7.84. The first-order chi connectivity index (χ1) is 15.2. The Labute approximate surface area is 185 Å². The number of aromatic nitrogens is 3. The lowest BCUT2D eigenvalue weighted by Gasteiger charge is -2.28. The summed E-state index contributed by atoms with van der Waals surface area (Å²) in [7, 11) is 5.11. The molecule has 1 aliphatic carbocycles. The van der Waals surface area contributed by atoms with Gasteiger partial charge in [-0.3, -0.25) is 0 Å². The quantitative estimate of drug-likeness (QED) is 0.457. The van der Waals surface area contributed by atoms with Gasteiger partial charge < -0.3 is 19.5 Å². The molecule has 1 saturated carbocycles. The number of benzene rings is 1. The first kappa shape index (κ1) is 20.1. The molecule has 0 amide bonds. The lowest BCUT2D eigenvalue weighted by atomic mass is 9.93. The number of fused-ring (bicyclic) bond motifs is 2. The van der Waals surface area contributed by atoms with E-state index in [2.05, 4.69) is 16.4 Å². The van der Waals surface area contributed by atoms with E-state index in [1.165, 1.54) is 0 Å². The molecule has 0 spiro atoms. The van der Waals surface area contributed by atoms with Gasteiger partial charge in [0, 0.05) is 23.9 Å². The van der Waals surface area contributed by atoms with E-state index >= 15 is 0 Å². The van der Waals surface area contributed by atoms with Crippen molar-refractivity contribution in [3.05, 3.63) is 36.5 Å². The molecule has 1 aliphatic rings. The Balaban J connectivity index is 1.46. The fourth-order valence-corrected chi connectivity index (χ4v) is 5.33. The van der Waals surface area contributed by atoms with E-state index < -0.39 is 0 Å². The normalized spacial score (nSPS) is 19.1. The highest BCUT2D eigenvalue weighted by Gasteiger charge is 2.21. The van der Waals surface area contributed by atoms with Gasteiger partial charge in [-0.15, -0.1) is 16.4 Å². The van der Waals surface area contributed by atoms with Crippen LogP contribution in [0.25, 0.3) is 26.3 Å². The zero-order chi connectivity index (χ0) is 21.4. The van der Waals surface area contributed by atoms with Crippen LogP contribution in [0.5, 0.6) is 11.5 Å². The number of nitrogens with one attached hydrogen (secondary N) is 1. The minimum atomic E-state index is 0.388. The predicted octanol–water partition coefficient (Wildman–Crippen LogP) is 5.00. The Bertz CT molecular complexity index is 1170. The van der Waals surface area contributed by atoms with Gasteiger partial charge in [0.25, 0.3) is 0 Å². The third kappa shape index (κ3) is 3.81. The summed E-state index contributed by atoms with van der Waals surface area (Å²) >= 11 is 1.69. The third-order valence-corrected chi connectivity index (χ3v) is 7.12. The molecule has 4 aromatic rings. The van der Waals surface area contributed by atoms with Gasteiger partial charge in [0.2, 0.25) is 0 Å². The Morgan fingerprint density at radius 2 is 1.77 bits per heavy atom. The van der Waals surface area contributed by atoms with Gasteiger partial charge in [-0.05, 0) is 55.3 Å². The summed E-state index contributed by atoms with van der Waals surface area (Å²) in [6.07, 6.45) is 6.63. The molecule has 0 saturated heterocycles. The predicted molar refractivity (Wildman–Crippen MR) is 124 cm³/mol. The minimum Gasteiger partial charge on any atom is -0.493 e. The average Bonchev–Trinajstić information content (AvgIpc) is 3.41. The van der Waals surface area contributed by atoms with Gasteiger partial charge in [-0.2, -0.15) is 0 Å². The Hall–Kier alpha value is -2.84. The fraction of sp³-hybridized carbons (Fsp3) is 0.391. The van der Waals surface area contributed by atoms with Gasteiger partial charge in [0.15, 0.2) is 17.1 Å². The highest BCUT2D eigenvalue weighted by Crippen LogP contribution is 2.39. The maximum Gasteiger partial charge on any atom is 0.162 e. The molecule has 0 bridgehead atoms. The van der Waals surface area contributed by atoms with Crippen LogP contribution in [0.3, 0.4) is 0 Å². The van der Waals surface area contributed by atoms with Crippen LogP contribution < -0.4 is 14.8 Å². The third-order valence-electron chi connectivity index (χ3n) is 6.00. The Kier molecular flexibility index (Phi) is 5.41. The molecule has 0 aliphatic heterocycles. The van der Waals surface area contributed by atoms with E-state index in [9.17, 15) is 0 Å². The topological polar surface area (TPSA) is 69.9 Å². The first-order valence-electron chi connectivity index (χ1n) is 10.5. The van der Waals surface area contributed by atoms with Gasteiger partial charge in [0.1, 0.15) is 11.5 Å². The number of nitrogens with zero attached hydrogens (tertiary/aromatic N) is 3. The van der Waals surface area contributed by atoms with Crippen molar-refractivity contribution in [3.63, 3.8) is 0 Å². The molecule has 0 radical (unpaired) electrons. The van der Waals surface area contributed by atoms with Gasteiger partial charge in [-0.25, -0.2) is 9.50 Å². The Morgan fingerprint density at radius 3 is 2.52 bits per heavy atom. The zero-order valence-electron chi connectivity index (χ0n) is 17.9. The van der Waals surface area contributed by atoms with Crippen molar-refractivity contribution in [2.24, 2.45) is 0 Å². The minimum absolute atomic E-state index is 0.388. The van der Waals surface area contributed by atoms with Gasteiger partial charge >= 0.3 is 0 Å². The van der Waals surface area contributed by atoms with E-state index in [1.54, 1.807) is 32.7 Å². The maximum absolute atomic E-state index is 5.49. The summed E-state index contributed by atoms with van der Waals surface area (Å²) in [6, 6.07) is 10.6. The maximum atomic E-state index is 5.49. The highest BCUT2D eigenvalue weighted by atomic mass is 32.1. The molecule has 162 valence electrons. The van der Waals surface area contributed by atoms with E-state index in [4.69, 9.17) is 19.3 Å². The smallest absolute Gasteiger partial charge is 0.162 e. The average molecular weight is 439 g/mol. The van der Waals surface area contributed by atoms with Crippen molar-refractivity contribution in [2.75, 3.05) is 26.6 Å². The molecule has 1 fully saturated rings. The highest BCUT2D eigenvalue weighted by molar-refractivity contribution is 7.22. The molecule has 0 unspecified atom stereocenters. The summed E-state index contributed by atoms with van der Waals surface area (Å²) in [5.41, 5.74) is 1.80. The molecular weight excluding hydrogens is 412 g/mol. The van der Waals surface area contributed by atoms with Crippen molar-refractivity contribution < 1.29 is 14.2 Å². The van der Waals surface area contributed by atoms with Gasteiger partial charge in [0.05, 0.1) is 31.4 Å². The van der Waals surface area contributed by atoms with Gasteiger partial charge in [-0.1, -0.05) is 0 Å². The number of hydrogen-bond donors (Lipinski definition) is 1. The zero-order valence-corrected chi connectivity index (χ0v) is 18.7. The molecule has 5 rings (SSSR count). The van der Waals surface area contributed by atoms with Crippen LogP contribution in [0.4, 0.5) is 5.82 Å². The number of hydrogen-bond acceptors (Lipinski definition) is 7. The van der Waals surface area contributed by atoms with Crippen LogP contribution in [0.2, 0.25) is 0 Å². The monoisotopic (exact) mass is 438 g/mol. The molecule has 1 N–H and O–H groups in total. The summed E-state index contributed by atoms with van der Waals surface area (Å²) in [5, 5.41) is 9.56. The van der Waals surface area contributed by atoms with Crippen molar-refractivity contribution in [2.45, 2.75) is 37.8 Å². The standard InChI is InChI=1S/C23H26N4O3S/c1-28-16-6-4-15(5-7-16)25-22-8-9-23-24-13-17(27(23)26-22)21-11-14-10-18(29-2)19(30-3)12-20(14)31-21/h8-13,15-16H,4-7H2,1-3H3,(H,25,26). The number of thiophene rings is 1. The molecule has 31 heavy (non-hydrogen) atoms. The largest absolute Gasteiger partial charge is 0.493 e. The number of imidazole rings is 1. The summed E-state index contributed by atoms with van der Waals surface area (Å²) in [4.78, 5) is 5.66. The summed E-state index contributed by atoms with van der Waals surface area (Å²) in [6.45, 7) is 0. The molecule has 7 nitrogen and oxygen atoms in total. The number of anilines is 1. The van der Waals surface area contributed by atoms with Crippen molar-refractivity contribution in [1.82, 2.24) is 14.6 Å². The molecule has 0 atom stereocenters. The summed E-state index contributed by atoms with van der Waals surface area (Å²) in [5.74, 6) is 2.33. The second-order valence-corrected chi connectivity index (χ2v) is 8.93. The van der Waals surface area contributed by atoms with E-state index in [0.29, 0.717) is 12.1 Å². The van der Waals surface area contributed by atoms with E-state index in [1.807, 2.05) is 35.0 Å². The SMILES string of the molecule is COc1cc2cc(-c3cnc4ccc(NC5CCC(OC)CC5)nn34)sc2cc1OC. The lowest BCUT2D eigenvalue weighted by Crippen LogP contribution is -2.29. The summed E-state index contributed by atoms with van der Waals surface area (Å²) < 4.78 is 19.4. The van der Waals surface area contributed by atoms with Crippen LogP contribution in [-0.2, 0) is 4.74 Å². The molecule has 8 heteroatoms. The number of rotatable bonds is 6. The van der Waals surface area contributed by atoms with Crippen LogP contribution in [0, 0.1) is 0 Å². The first-order valence-corrected chi connectivity index (χ1v) is 11.3. The van der Waals surface area contributed by atoms with Crippen LogP contribution >= 0.6 is 11.3 Å². The molecule has 3 heterocycles. The van der Waals surface area contributed by atoms with E-state index in [0.717, 1.165) is 69.3 Å². The lowest BCUT2D eigenvalue weighted by molar-refractivity contribution is 0.0681. The fourth-order valence-electron chi connectivity index (χ4n) is 4.26. The van der Waals surface area contributed by atoms with Crippen molar-refractivity contribution in [1.29, 1.82) is 0 Å². The number of methoxy groups -OCH3 is 3.